The highest BCUT2D eigenvalue weighted by Gasteiger charge is 2.17. The van der Waals surface area contributed by atoms with Crippen molar-refractivity contribution >= 4 is 5.91 Å². The molecule has 1 aromatic heterocycles. The molecule has 2 N–H and O–H groups in total. The monoisotopic (exact) mass is 265 g/mol. The Hall–Kier alpha value is -1.43. The van der Waals surface area contributed by atoms with Gasteiger partial charge < -0.3 is 10.6 Å². The molecule has 106 valence electrons. The lowest BCUT2D eigenvalue weighted by Gasteiger charge is -2.26. The van der Waals surface area contributed by atoms with Crippen LogP contribution in [0.5, 0.6) is 0 Å². The minimum atomic E-state index is 0.151. The van der Waals surface area contributed by atoms with Gasteiger partial charge in [-0.05, 0) is 45.1 Å². The summed E-state index contributed by atoms with van der Waals surface area (Å²) < 4.78 is 1.65. The van der Waals surface area contributed by atoms with Crippen molar-refractivity contribution in [1.29, 1.82) is 0 Å². The third-order valence-electron chi connectivity index (χ3n) is 3.48. The van der Waals surface area contributed by atoms with E-state index in [-0.39, 0.29) is 5.91 Å². The van der Waals surface area contributed by atoms with Crippen LogP contribution in [0.2, 0.25) is 0 Å². The minimum Gasteiger partial charge on any atom is -0.341 e. The lowest BCUT2D eigenvalue weighted by atomic mass is 10.1. The van der Waals surface area contributed by atoms with Gasteiger partial charge in [-0.2, -0.15) is 0 Å². The number of aromatic nitrogens is 3. The smallest absolute Gasteiger partial charge is 0.244 e. The van der Waals surface area contributed by atoms with Gasteiger partial charge in [0.1, 0.15) is 6.54 Å². The van der Waals surface area contributed by atoms with Crippen LogP contribution in [0.15, 0.2) is 6.20 Å². The molecule has 1 saturated heterocycles. The number of hydrogen-bond donors (Lipinski definition) is 1. The number of rotatable bonds is 6. The van der Waals surface area contributed by atoms with Crippen LogP contribution in [-0.4, -0.2) is 45.4 Å². The molecule has 0 aliphatic carbocycles. The van der Waals surface area contributed by atoms with Gasteiger partial charge in [0.25, 0.3) is 0 Å². The molecule has 1 aliphatic heterocycles. The van der Waals surface area contributed by atoms with Gasteiger partial charge in [-0.15, -0.1) is 5.10 Å². The van der Waals surface area contributed by atoms with E-state index in [1.54, 1.807) is 4.68 Å². The SMILES string of the molecule is NCCCCc1cn(CC(=O)N2CCCCC2)nn1. The molecule has 0 saturated carbocycles. The van der Waals surface area contributed by atoms with E-state index in [1.807, 2.05) is 11.1 Å². The second-order valence-electron chi connectivity index (χ2n) is 5.09. The van der Waals surface area contributed by atoms with Gasteiger partial charge in [0.15, 0.2) is 0 Å². The summed E-state index contributed by atoms with van der Waals surface area (Å²) >= 11 is 0. The molecule has 0 unspecified atom stereocenters. The Labute approximate surface area is 113 Å². The summed E-state index contributed by atoms with van der Waals surface area (Å²) in [5.74, 6) is 0.151. The Bertz CT molecular complexity index is 397. The van der Waals surface area contributed by atoms with Crippen LogP contribution in [0.1, 0.15) is 37.8 Å². The van der Waals surface area contributed by atoms with Gasteiger partial charge in [0, 0.05) is 19.3 Å². The number of nitrogens with two attached hydrogens (primary N) is 1. The van der Waals surface area contributed by atoms with Crippen LogP contribution in [-0.2, 0) is 17.8 Å². The fourth-order valence-electron chi connectivity index (χ4n) is 2.36. The van der Waals surface area contributed by atoms with E-state index in [9.17, 15) is 4.79 Å². The molecule has 1 aromatic rings. The van der Waals surface area contributed by atoms with Gasteiger partial charge >= 0.3 is 0 Å². The average molecular weight is 265 g/mol. The maximum Gasteiger partial charge on any atom is 0.244 e. The van der Waals surface area contributed by atoms with Crippen molar-refractivity contribution in [3.8, 4) is 0 Å². The van der Waals surface area contributed by atoms with Crippen molar-refractivity contribution in [3.63, 3.8) is 0 Å². The molecule has 0 bridgehead atoms. The number of likely N-dealkylation sites (tertiary alicyclic amines) is 1. The molecular weight excluding hydrogens is 242 g/mol. The molecule has 6 nitrogen and oxygen atoms in total. The highest BCUT2D eigenvalue weighted by molar-refractivity contribution is 5.75. The fourth-order valence-corrected chi connectivity index (χ4v) is 2.36. The third kappa shape index (κ3) is 4.31. The van der Waals surface area contributed by atoms with E-state index in [0.717, 1.165) is 50.9 Å². The maximum atomic E-state index is 12.1. The topological polar surface area (TPSA) is 77.0 Å². The van der Waals surface area contributed by atoms with E-state index < -0.39 is 0 Å². The van der Waals surface area contributed by atoms with Crippen molar-refractivity contribution in [3.05, 3.63) is 11.9 Å². The Morgan fingerprint density at radius 3 is 2.79 bits per heavy atom. The predicted octanol–water partition coefficient (Wildman–Crippen LogP) is 0.572. The number of hydrogen-bond acceptors (Lipinski definition) is 4. The van der Waals surface area contributed by atoms with Crippen LogP contribution in [0, 0.1) is 0 Å². The number of piperidine rings is 1. The summed E-state index contributed by atoms with van der Waals surface area (Å²) in [4.78, 5) is 14.0. The van der Waals surface area contributed by atoms with Crippen LogP contribution >= 0.6 is 0 Å². The first-order valence-electron chi connectivity index (χ1n) is 7.16. The van der Waals surface area contributed by atoms with E-state index in [4.69, 9.17) is 5.73 Å². The number of aryl methyl sites for hydroxylation is 1. The van der Waals surface area contributed by atoms with E-state index in [0.29, 0.717) is 13.1 Å². The Kier molecular flexibility index (Phi) is 5.32. The van der Waals surface area contributed by atoms with Gasteiger partial charge in [0.2, 0.25) is 5.91 Å². The number of unbranched alkanes of at least 4 members (excludes halogenated alkanes) is 1. The molecule has 1 fully saturated rings. The highest BCUT2D eigenvalue weighted by Crippen LogP contribution is 2.09. The summed E-state index contributed by atoms with van der Waals surface area (Å²) in [6.45, 7) is 2.79. The van der Waals surface area contributed by atoms with Gasteiger partial charge in [-0.1, -0.05) is 5.21 Å². The van der Waals surface area contributed by atoms with Crippen LogP contribution in [0.3, 0.4) is 0 Å². The molecule has 1 aliphatic rings. The van der Waals surface area contributed by atoms with Crippen LogP contribution in [0.25, 0.3) is 0 Å². The van der Waals surface area contributed by atoms with Gasteiger partial charge in [-0.25, -0.2) is 4.68 Å². The molecule has 0 radical (unpaired) electrons. The molecule has 19 heavy (non-hydrogen) atoms. The molecule has 2 rings (SSSR count). The Morgan fingerprint density at radius 1 is 1.26 bits per heavy atom. The van der Waals surface area contributed by atoms with Gasteiger partial charge in [-0.3, -0.25) is 4.79 Å². The van der Waals surface area contributed by atoms with E-state index in [2.05, 4.69) is 10.3 Å². The molecule has 0 atom stereocenters. The molecule has 0 aromatic carbocycles. The Morgan fingerprint density at radius 2 is 2.05 bits per heavy atom. The number of carbonyl (C=O) groups is 1. The van der Waals surface area contributed by atoms with Crippen molar-refractivity contribution < 1.29 is 4.79 Å². The molecule has 2 heterocycles. The second kappa shape index (κ2) is 7.23. The predicted molar refractivity (Wildman–Crippen MR) is 72.4 cm³/mol. The lowest BCUT2D eigenvalue weighted by molar-refractivity contribution is -0.132. The highest BCUT2D eigenvalue weighted by atomic mass is 16.2. The first-order valence-corrected chi connectivity index (χ1v) is 7.16. The summed E-state index contributed by atoms with van der Waals surface area (Å²) in [5, 5.41) is 8.11. The van der Waals surface area contributed by atoms with Gasteiger partial charge in [0.05, 0.1) is 5.69 Å². The zero-order chi connectivity index (χ0) is 13.5. The molecular formula is C13H23N5O. The van der Waals surface area contributed by atoms with Crippen molar-refractivity contribution in [2.24, 2.45) is 5.73 Å². The van der Waals surface area contributed by atoms with Crippen LogP contribution in [0.4, 0.5) is 0 Å². The summed E-state index contributed by atoms with van der Waals surface area (Å²) in [6.07, 6.45) is 8.25. The average Bonchev–Trinajstić information content (AvgIpc) is 2.88. The normalized spacial score (nSPS) is 15.7. The number of amides is 1. The van der Waals surface area contributed by atoms with E-state index in [1.165, 1.54) is 6.42 Å². The third-order valence-corrected chi connectivity index (χ3v) is 3.48. The quantitative estimate of drug-likeness (QED) is 0.763. The number of carbonyl (C=O) groups excluding carboxylic acids is 1. The van der Waals surface area contributed by atoms with Crippen LogP contribution < -0.4 is 5.73 Å². The summed E-state index contributed by atoms with van der Waals surface area (Å²) in [7, 11) is 0. The number of nitrogens with zero attached hydrogens (tertiary/aromatic N) is 4. The first kappa shape index (κ1) is 14.0. The fraction of sp³-hybridized carbons (Fsp3) is 0.769. The zero-order valence-electron chi connectivity index (χ0n) is 11.4. The van der Waals surface area contributed by atoms with Crippen molar-refractivity contribution in [1.82, 2.24) is 19.9 Å². The Balaban J connectivity index is 1.80. The largest absolute Gasteiger partial charge is 0.341 e. The maximum absolute atomic E-state index is 12.1. The molecule has 6 heteroatoms. The van der Waals surface area contributed by atoms with Crippen molar-refractivity contribution in [2.45, 2.75) is 45.1 Å². The lowest BCUT2D eigenvalue weighted by Crippen LogP contribution is -2.37. The van der Waals surface area contributed by atoms with Crippen molar-refractivity contribution in [2.75, 3.05) is 19.6 Å². The van der Waals surface area contributed by atoms with E-state index >= 15 is 0 Å². The second-order valence-corrected chi connectivity index (χ2v) is 5.09. The minimum absolute atomic E-state index is 0.151. The summed E-state index contributed by atoms with van der Waals surface area (Å²) in [6, 6.07) is 0. The molecule has 1 amide bonds. The zero-order valence-corrected chi connectivity index (χ0v) is 11.4. The molecule has 0 spiro atoms. The standard InChI is InChI=1S/C13H23N5O/c14-7-3-2-6-12-10-18(16-15-12)11-13(19)17-8-4-1-5-9-17/h10H,1-9,11,14H2. The summed E-state index contributed by atoms with van der Waals surface area (Å²) in [5.41, 5.74) is 6.40. The first-order chi connectivity index (χ1) is 9.29.